The van der Waals surface area contributed by atoms with Crippen molar-refractivity contribution in [3.8, 4) is 0 Å². The minimum absolute atomic E-state index is 0.172. The van der Waals surface area contributed by atoms with E-state index in [1.54, 1.807) is 30.3 Å². The molecule has 0 spiro atoms. The number of carbonyl (C=O) groups is 2. The molecule has 1 aliphatic rings. The normalized spacial score (nSPS) is 17.6. The highest BCUT2D eigenvalue weighted by Crippen LogP contribution is 2.25. The summed E-state index contributed by atoms with van der Waals surface area (Å²) in [6.07, 6.45) is 2.52. The largest absolute Gasteiger partial charge is 0.307 e. The average Bonchev–Trinajstić information content (AvgIpc) is 2.59. The lowest BCUT2D eigenvalue weighted by atomic mass is 10.1. The second-order valence-electron chi connectivity index (χ2n) is 3.14. The molecule has 1 heterocycles. The lowest BCUT2D eigenvalue weighted by molar-refractivity contribution is -0.115. The topological polar surface area (TPSA) is 46.2 Å². The third kappa shape index (κ3) is 2.37. The first-order chi connectivity index (χ1) is 7.69. The van der Waals surface area contributed by atoms with E-state index < -0.39 is 0 Å². The Morgan fingerprint density at radius 3 is 2.31 bits per heavy atom. The van der Waals surface area contributed by atoms with Gasteiger partial charge in [-0.05, 0) is 11.6 Å². The Hall–Kier alpha value is -1.46. The van der Waals surface area contributed by atoms with Gasteiger partial charge in [0.15, 0.2) is 0 Å². The fraction of sp³-hybridized carbons (Fsp3) is 0. The molecular formula is C11H7NO2S2. The van der Waals surface area contributed by atoms with Gasteiger partial charge in [-0.15, -0.1) is 0 Å². The molecule has 0 aliphatic carbocycles. The minimum atomic E-state index is -0.172. The summed E-state index contributed by atoms with van der Waals surface area (Å²) in [4.78, 5) is 22.4. The van der Waals surface area contributed by atoms with Gasteiger partial charge in [0.05, 0.1) is 4.91 Å². The smallest absolute Gasteiger partial charge is 0.263 e. The highest BCUT2D eigenvalue weighted by atomic mass is 32.2. The number of aldehydes is 1. The summed E-state index contributed by atoms with van der Waals surface area (Å²) in [6.45, 7) is 0. The van der Waals surface area contributed by atoms with Crippen molar-refractivity contribution in [2.24, 2.45) is 0 Å². The van der Waals surface area contributed by atoms with Crippen LogP contribution in [0.2, 0.25) is 0 Å². The number of thioether (sulfide) groups is 1. The molecule has 1 amide bonds. The van der Waals surface area contributed by atoms with Crippen LogP contribution in [0.15, 0.2) is 29.2 Å². The SMILES string of the molecule is O=Cc1ccc(/C=C2\SC(=S)NC2=O)cc1. The number of rotatable bonds is 2. The number of nitrogens with one attached hydrogen (secondary N) is 1. The van der Waals surface area contributed by atoms with E-state index in [2.05, 4.69) is 5.32 Å². The number of hydrogen-bond acceptors (Lipinski definition) is 4. The first kappa shape index (κ1) is 11.0. The molecule has 1 fully saturated rings. The van der Waals surface area contributed by atoms with Crippen molar-refractivity contribution in [1.82, 2.24) is 5.32 Å². The number of thiocarbonyl (C=S) groups is 1. The van der Waals surface area contributed by atoms with Crippen LogP contribution >= 0.6 is 24.0 Å². The van der Waals surface area contributed by atoms with Crippen LogP contribution in [-0.4, -0.2) is 16.5 Å². The fourth-order valence-corrected chi connectivity index (χ4v) is 2.29. The monoisotopic (exact) mass is 249 g/mol. The van der Waals surface area contributed by atoms with Crippen molar-refractivity contribution in [3.05, 3.63) is 40.3 Å². The molecule has 5 heteroatoms. The first-order valence-corrected chi connectivity index (χ1v) is 5.71. The zero-order valence-corrected chi connectivity index (χ0v) is 9.73. The summed E-state index contributed by atoms with van der Waals surface area (Å²) in [5.74, 6) is -0.172. The van der Waals surface area contributed by atoms with E-state index in [1.165, 1.54) is 11.8 Å². The van der Waals surface area contributed by atoms with Gasteiger partial charge in [-0.25, -0.2) is 0 Å². The molecule has 1 N–H and O–H groups in total. The van der Waals surface area contributed by atoms with E-state index in [0.29, 0.717) is 14.8 Å². The zero-order valence-electron chi connectivity index (χ0n) is 8.10. The molecule has 1 aliphatic heterocycles. The van der Waals surface area contributed by atoms with Crippen LogP contribution in [0.3, 0.4) is 0 Å². The van der Waals surface area contributed by atoms with Crippen LogP contribution in [0.5, 0.6) is 0 Å². The van der Waals surface area contributed by atoms with Gasteiger partial charge >= 0.3 is 0 Å². The van der Waals surface area contributed by atoms with E-state index >= 15 is 0 Å². The quantitative estimate of drug-likeness (QED) is 0.494. The molecule has 0 atom stereocenters. The number of hydrogen-bond donors (Lipinski definition) is 1. The summed E-state index contributed by atoms with van der Waals surface area (Å²) in [5, 5.41) is 2.54. The van der Waals surface area contributed by atoms with Crippen molar-refractivity contribution >= 4 is 46.6 Å². The van der Waals surface area contributed by atoms with E-state index in [-0.39, 0.29) is 5.91 Å². The standard InChI is InChI=1S/C11H7NO2S2/c13-6-8-3-1-7(2-4-8)5-9-10(14)12-11(15)16-9/h1-6H,(H,12,14,15)/b9-5-. The number of amides is 1. The first-order valence-electron chi connectivity index (χ1n) is 4.49. The molecule has 0 aromatic heterocycles. The molecule has 1 aromatic carbocycles. The average molecular weight is 249 g/mol. The molecule has 0 bridgehead atoms. The third-order valence-corrected chi connectivity index (χ3v) is 3.18. The fourth-order valence-electron chi connectivity index (χ4n) is 1.24. The van der Waals surface area contributed by atoms with Gasteiger partial charge in [0.25, 0.3) is 5.91 Å². The molecule has 0 saturated carbocycles. The predicted octanol–water partition coefficient (Wildman–Crippen LogP) is 1.99. The van der Waals surface area contributed by atoms with Crippen molar-refractivity contribution in [2.45, 2.75) is 0 Å². The van der Waals surface area contributed by atoms with Crippen LogP contribution in [0.1, 0.15) is 15.9 Å². The van der Waals surface area contributed by atoms with Crippen LogP contribution in [0, 0.1) is 0 Å². The van der Waals surface area contributed by atoms with E-state index in [0.717, 1.165) is 11.8 Å². The third-order valence-electron chi connectivity index (χ3n) is 2.01. The summed E-state index contributed by atoms with van der Waals surface area (Å²) in [5.41, 5.74) is 1.48. The Labute approximate surface area is 102 Å². The zero-order chi connectivity index (χ0) is 11.5. The van der Waals surface area contributed by atoms with Crippen LogP contribution in [0.4, 0.5) is 0 Å². The van der Waals surface area contributed by atoms with Crippen molar-refractivity contribution in [1.29, 1.82) is 0 Å². The van der Waals surface area contributed by atoms with Gasteiger partial charge < -0.3 is 5.32 Å². The summed E-state index contributed by atoms with van der Waals surface area (Å²) >= 11 is 6.11. The van der Waals surface area contributed by atoms with Crippen molar-refractivity contribution in [3.63, 3.8) is 0 Å². The van der Waals surface area contributed by atoms with Gasteiger partial charge in [0.1, 0.15) is 10.6 Å². The van der Waals surface area contributed by atoms with E-state index in [1.807, 2.05) is 0 Å². The number of benzene rings is 1. The Kier molecular flexibility index (Phi) is 3.17. The van der Waals surface area contributed by atoms with Crippen LogP contribution in [0.25, 0.3) is 6.08 Å². The van der Waals surface area contributed by atoms with Gasteiger partial charge in [0, 0.05) is 5.56 Å². The second kappa shape index (κ2) is 4.59. The highest BCUT2D eigenvalue weighted by Gasteiger charge is 2.21. The summed E-state index contributed by atoms with van der Waals surface area (Å²) in [6, 6.07) is 6.97. The summed E-state index contributed by atoms with van der Waals surface area (Å²) < 4.78 is 0.473. The van der Waals surface area contributed by atoms with Crippen molar-refractivity contribution in [2.75, 3.05) is 0 Å². The molecule has 80 valence electrons. The molecule has 2 rings (SSSR count). The molecule has 1 saturated heterocycles. The van der Waals surface area contributed by atoms with Gasteiger partial charge in [0.2, 0.25) is 0 Å². The van der Waals surface area contributed by atoms with Crippen LogP contribution < -0.4 is 5.32 Å². The van der Waals surface area contributed by atoms with E-state index in [9.17, 15) is 9.59 Å². The molecule has 3 nitrogen and oxygen atoms in total. The maximum Gasteiger partial charge on any atom is 0.263 e. The lowest BCUT2D eigenvalue weighted by Gasteiger charge is -1.95. The van der Waals surface area contributed by atoms with Crippen LogP contribution in [-0.2, 0) is 4.79 Å². The maximum absolute atomic E-state index is 11.4. The van der Waals surface area contributed by atoms with Crippen molar-refractivity contribution < 1.29 is 9.59 Å². The van der Waals surface area contributed by atoms with Gasteiger partial charge in [-0.2, -0.15) is 0 Å². The van der Waals surface area contributed by atoms with E-state index in [4.69, 9.17) is 12.2 Å². The second-order valence-corrected chi connectivity index (χ2v) is 4.86. The lowest BCUT2D eigenvalue weighted by Crippen LogP contribution is -2.17. The molecule has 16 heavy (non-hydrogen) atoms. The number of carbonyl (C=O) groups excluding carboxylic acids is 2. The highest BCUT2D eigenvalue weighted by molar-refractivity contribution is 8.26. The molecule has 0 unspecified atom stereocenters. The molecular weight excluding hydrogens is 242 g/mol. The van der Waals surface area contributed by atoms with Gasteiger partial charge in [-0.3, -0.25) is 9.59 Å². The Morgan fingerprint density at radius 1 is 1.19 bits per heavy atom. The maximum atomic E-state index is 11.4. The minimum Gasteiger partial charge on any atom is -0.307 e. The predicted molar refractivity (Wildman–Crippen MR) is 68.1 cm³/mol. The summed E-state index contributed by atoms with van der Waals surface area (Å²) in [7, 11) is 0. The Balaban J connectivity index is 2.25. The molecule has 1 aromatic rings. The molecule has 0 radical (unpaired) electrons. The Morgan fingerprint density at radius 2 is 1.81 bits per heavy atom. The van der Waals surface area contributed by atoms with Gasteiger partial charge in [-0.1, -0.05) is 48.2 Å². The Bertz CT molecular complexity index is 491.